The number of nitrogens with one attached hydrogen (secondary N) is 1. The Hall–Kier alpha value is -1.39. The highest BCUT2D eigenvalue weighted by Gasteiger charge is 2.14. The van der Waals surface area contributed by atoms with Crippen LogP contribution in [0.2, 0.25) is 0 Å². The quantitative estimate of drug-likeness (QED) is 0.770. The number of carbonyl (C=O) groups is 1. The summed E-state index contributed by atoms with van der Waals surface area (Å²) in [4.78, 5) is 14.7. The van der Waals surface area contributed by atoms with E-state index in [-0.39, 0.29) is 5.91 Å². The maximum Gasteiger partial charge on any atom is 0.251 e. The fraction of sp³-hybridized carbons (Fsp3) is 0.588. The summed E-state index contributed by atoms with van der Waals surface area (Å²) < 4.78 is 0. The van der Waals surface area contributed by atoms with Crippen LogP contribution in [0.3, 0.4) is 0 Å². The van der Waals surface area contributed by atoms with Crippen molar-refractivity contribution in [3.05, 3.63) is 35.4 Å². The maximum atomic E-state index is 12.3. The van der Waals surface area contributed by atoms with E-state index in [1.807, 2.05) is 24.3 Å². The van der Waals surface area contributed by atoms with Crippen LogP contribution in [0.25, 0.3) is 0 Å². The molecule has 0 fully saturated rings. The monoisotopic (exact) mass is 291 g/mol. The minimum Gasteiger partial charge on any atom is -0.351 e. The van der Waals surface area contributed by atoms with E-state index in [0.29, 0.717) is 25.2 Å². The van der Waals surface area contributed by atoms with Gasteiger partial charge in [0.15, 0.2) is 0 Å². The Bertz CT molecular complexity index is 435. The molecule has 0 aliphatic heterocycles. The van der Waals surface area contributed by atoms with Gasteiger partial charge < -0.3 is 11.1 Å². The molecule has 0 saturated heterocycles. The van der Waals surface area contributed by atoms with Gasteiger partial charge >= 0.3 is 0 Å². The van der Waals surface area contributed by atoms with Crippen LogP contribution in [0.4, 0.5) is 0 Å². The normalized spacial score (nSPS) is 11.4. The second-order valence-electron chi connectivity index (χ2n) is 5.88. The van der Waals surface area contributed by atoms with E-state index >= 15 is 0 Å². The van der Waals surface area contributed by atoms with Gasteiger partial charge in [-0.15, -0.1) is 0 Å². The summed E-state index contributed by atoms with van der Waals surface area (Å²) in [6.45, 7) is 10.8. The molecule has 0 atom stereocenters. The third-order valence-electron chi connectivity index (χ3n) is 3.66. The molecule has 0 spiro atoms. The molecule has 0 unspecified atom stereocenters. The van der Waals surface area contributed by atoms with Gasteiger partial charge in [-0.05, 0) is 52.3 Å². The third kappa shape index (κ3) is 5.48. The molecule has 0 aliphatic rings. The summed E-state index contributed by atoms with van der Waals surface area (Å²) >= 11 is 0. The van der Waals surface area contributed by atoms with Gasteiger partial charge in [-0.1, -0.05) is 18.2 Å². The van der Waals surface area contributed by atoms with Crippen LogP contribution < -0.4 is 11.1 Å². The van der Waals surface area contributed by atoms with Gasteiger partial charge in [0.05, 0.1) is 0 Å². The number of rotatable bonds is 8. The first kappa shape index (κ1) is 17.7. The molecule has 0 aliphatic carbocycles. The maximum absolute atomic E-state index is 12.3. The third-order valence-corrected chi connectivity index (χ3v) is 3.66. The smallest absolute Gasteiger partial charge is 0.251 e. The molecule has 0 radical (unpaired) electrons. The van der Waals surface area contributed by atoms with Gasteiger partial charge in [0.25, 0.3) is 5.91 Å². The molecule has 1 amide bonds. The molecule has 4 nitrogen and oxygen atoms in total. The highest BCUT2D eigenvalue weighted by Crippen LogP contribution is 2.09. The van der Waals surface area contributed by atoms with Crippen LogP contribution in [0.15, 0.2) is 24.3 Å². The molecule has 3 N–H and O–H groups in total. The topological polar surface area (TPSA) is 58.4 Å². The van der Waals surface area contributed by atoms with E-state index in [9.17, 15) is 4.79 Å². The zero-order valence-electron chi connectivity index (χ0n) is 13.7. The average Bonchev–Trinajstić information content (AvgIpc) is 2.43. The predicted molar refractivity (Wildman–Crippen MR) is 88.5 cm³/mol. The Kier molecular flexibility index (Phi) is 7.40. The lowest BCUT2D eigenvalue weighted by Crippen LogP contribution is -2.42. The highest BCUT2D eigenvalue weighted by atomic mass is 16.1. The number of amides is 1. The Morgan fingerprint density at radius 3 is 2.38 bits per heavy atom. The van der Waals surface area contributed by atoms with Gasteiger partial charge in [0, 0.05) is 30.7 Å². The van der Waals surface area contributed by atoms with Crippen LogP contribution in [0, 0.1) is 0 Å². The first-order valence-corrected chi connectivity index (χ1v) is 7.79. The van der Waals surface area contributed by atoms with E-state index in [2.05, 4.69) is 37.9 Å². The lowest BCUT2D eigenvalue weighted by atomic mass is 10.0. The summed E-state index contributed by atoms with van der Waals surface area (Å²) in [5.74, 6) is -0.00786. The summed E-state index contributed by atoms with van der Waals surface area (Å²) in [5, 5.41) is 3.02. The summed E-state index contributed by atoms with van der Waals surface area (Å²) in [6, 6.07) is 8.63. The fourth-order valence-corrected chi connectivity index (χ4v) is 2.62. The van der Waals surface area contributed by atoms with Gasteiger partial charge in [-0.2, -0.15) is 0 Å². The van der Waals surface area contributed by atoms with Crippen molar-refractivity contribution in [1.82, 2.24) is 10.2 Å². The first-order chi connectivity index (χ1) is 9.97. The van der Waals surface area contributed by atoms with Crippen LogP contribution in [0.1, 0.15) is 43.6 Å². The molecule has 0 heterocycles. The average molecular weight is 291 g/mol. The fourth-order valence-electron chi connectivity index (χ4n) is 2.62. The van der Waals surface area contributed by atoms with Crippen molar-refractivity contribution in [3.8, 4) is 0 Å². The van der Waals surface area contributed by atoms with Gasteiger partial charge in [-0.3, -0.25) is 9.69 Å². The van der Waals surface area contributed by atoms with Crippen molar-refractivity contribution in [2.75, 3.05) is 19.6 Å². The van der Waals surface area contributed by atoms with Crippen molar-refractivity contribution >= 4 is 5.91 Å². The number of benzene rings is 1. The van der Waals surface area contributed by atoms with Gasteiger partial charge in [0.2, 0.25) is 0 Å². The number of hydrogen-bond donors (Lipinski definition) is 2. The molecular weight excluding hydrogens is 262 g/mol. The van der Waals surface area contributed by atoms with E-state index < -0.39 is 0 Å². The number of carbonyl (C=O) groups excluding carboxylic acids is 1. The second kappa shape index (κ2) is 8.80. The summed E-state index contributed by atoms with van der Waals surface area (Å²) in [7, 11) is 0. The van der Waals surface area contributed by atoms with E-state index in [0.717, 1.165) is 24.1 Å². The molecule has 4 heteroatoms. The van der Waals surface area contributed by atoms with Crippen molar-refractivity contribution in [2.45, 2.75) is 46.2 Å². The first-order valence-electron chi connectivity index (χ1n) is 7.79. The molecule has 0 bridgehead atoms. The summed E-state index contributed by atoms with van der Waals surface area (Å²) in [6.07, 6.45) is 0.730. The molecule has 21 heavy (non-hydrogen) atoms. The van der Waals surface area contributed by atoms with Gasteiger partial charge in [0.1, 0.15) is 0 Å². The molecule has 0 saturated carbocycles. The molecule has 118 valence electrons. The van der Waals surface area contributed by atoms with Crippen LogP contribution in [0.5, 0.6) is 0 Å². The molecular formula is C17H29N3O. The van der Waals surface area contributed by atoms with Crippen molar-refractivity contribution in [1.29, 1.82) is 0 Å². The number of nitrogens with zero attached hydrogens (tertiary/aromatic N) is 1. The van der Waals surface area contributed by atoms with Crippen LogP contribution in [-0.4, -0.2) is 42.5 Å². The van der Waals surface area contributed by atoms with Crippen molar-refractivity contribution in [2.24, 2.45) is 5.73 Å². The van der Waals surface area contributed by atoms with E-state index in [4.69, 9.17) is 5.73 Å². The Labute approximate surface area is 128 Å². The van der Waals surface area contributed by atoms with E-state index in [1.165, 1.54) is 0 Å². The highest BCUT2D eigenvalue weighted by molar-refractivity contribution is 5.95. The number of hydrogen-bond acceptors (Lipinski definition) is 3. The van der Waals surface area contributed by atoms with Gasteiger partial charge in [-0.25, -0.2) is 0 Å². The zero-order valence-corrected chi connectivity index (χ0v) is 13.7. The molecule has 1 rings (SSSR count). The zero-order chi connectivity index (χ0) is 15.8. The van der Waals surface area contributed by atoms with Crippen LogP contribution in [-0.2, 0) is 6.42 Å². The second-order valence-corrected chi connectivity index (χ2v) is 5.88. The largest absolute Gasteiger partial charge is 0.351 e. The van der Waals surface area contributed by atoms with Crippen molar-refractivity contribution in [3.63, 3.8) is 0 Å². The predicted octanol–water partition coefficient (Wildman–Crippen LogP) is 2.04. The van der Waals surface area contributed by atoms with E-state index in [1.54, 1.807) is 0 Å². The minimum absolute atomic E-state index is 0.00786. The lowest BCUT2D eigenvalue weighted by Gasteiger charge is -2.30. The Morgan fingerprint density at radius 2 is 1.81 bits per heavy atom. The van der Waals surface area contributed by atoms with Crippen molar-refractivity contribution < 1.29 is 4.79 Å². The lowest BCUT2D eigenvalue weighted by molar-refractivity contribution is 0.0938. The van der Waals surface area contributed by atoms with Crippen LogP contribution >= 0.6 is 0 Å². The number of nitrogens with two attached hydrogens (primary N) is 1. The Morgan fingerprint density at radius 1 is 1.19 bits per heavy atom. The Balaban J connectivity index is 2.58. The molecule has 1 aromatic carbocycles. The standard InChI is InChI=1S/C17H29N3O/c1-13(2)20(14(3)4)12-11-19-17(21)16-8-6-5-7-15(16)9-10-18/h5-8,13-14H,9-12,18H2,1-4H3,(H,19,21). The molecule has 0 aromatic heterocycles. The SMILES string of the molecule is CC(C)N(CCNC(=O)c1ccccc1CCN)C(C)C. The molecule has 1 aromatic rings. The minimum atomic E-state index is -0.00786. The summed E-state index contributed by atoms with van der Waals surface area (Å²) in [5.41, 5.74) is 7.35.